The van der Waals surface area contributed by atoms with Crippen molar-refractivity contribution in [1.82, 2.24) is 0 Å². The van der Waals surface area contributed by atoms with E-state index in [1.807, 2.05) is 0 Å². The van der Waals surface area contributed by atoms with Crippen molar-refractivity contribution in [2.45, 2.75) is 6.42 Å². The second kappa shape index (κ2) is 3.59. The van der Waals surface area contributed by atoms with Crippen LogP contribution >= 0.6 is 11.6 Å². The summed E-state index contributed by atoms with van der Waals surface area (Å²) in [5.41, 5.74) is 2.94. The number of halogens is 1. The lowest BCUT2D eigenvalue weighted by atomic mass is 10.3. The molecule has 0 unspecified atom stereocenters. The molecule has 10 heavy (non-hydrogen) atoms. The lowest BCUT2D eigenvalue weighted by Crippen LogP contribution is -1.59. The smallest absolute Gasteiger partial charge is 0.117 e. The summed E-state index contributed by atoms with van der Waals surface area (Å²) in [6.07, 6.45) is 9.90. The van der Waals surface area contributed by atoms with Crippen molar-refractivity contribution in [2.75, 3.05) is 6.07 Å². The Balaban J connectivity index is 0.000000148. The van der Waals surface area contributed by atoms with Crippen molar-refractivity contribution in [3.05, 3.63) is 35.5 Å². The fourth-order valence-corrected chi connectivity index (χ4v) is 1.01. The fraction of sp³-hybridized carbons (Fsp3) is 0.250. The third-order valence-electron chi connectivity index (χ3n) is 1.43. The molecule has 2 aliphatic carbocycles. The minimum atomic E-state index is -0.278. The number of aliphatic hydroxyl groups excluding tert-OH is 1. The normalized spacial score (nSPS) is 17.8. The highest BCUT2D eigenvalue weighted by atomic mass is 35.5. The molecule has 0 aromatic carbocycles. The Morgan fingerprint density at radius 1 is 1.30 bits per heavy atom. The first kappa shape index (κ1) is 7.58. The molecule has 0 heterocycles. The summed E-state index contributed by atoms with van der Waals surface area (Å²) >= 11 is 4.55. The average Bonchev–Trinajstić information content (AvgIpc) is 2.49. The van der Waals surface area contributed by atoms with E-state index in [1.54, 1.807) is 0 Å². The highest BCUT2D eigenvalue weighted by Gasteiger charge is 2.07. The Morgan fingerprint density at radius 3 is 1.80 bits per heavy atom. The van der Waals surface area contributed by atoms with Crippen LogP contribution in [0.2, 0.25) is 0 Å². The Bertz CT molecular complexity index is 181. The molecule has 1 nitrogen and oxygen atoms in total. The Kier molecular flexibility index (Phi) is 2.72. The van der Waals surface area contributed by atoms with Crippen molar-refractivity contribution < 1.29 is 5.11 Å². The van der Waals surface area contributed by atoms with Crippen LogP contribution in [-0.2, 0) is 0 Å². The van der Waals surface area contributed by atoms with Gasteiger partial charge in [0.1, 0.15) is 6.07 Å². The maximum Gasteiger partial charge on any atom is 0.117 e. The van der Waals surface area contributed by atoms with Gasteiger partial charge in [-0.05, 0) is 17.6 Å². The van der Waals surface area contributed by atoms with Crippen LogP contribution in [0, 0.1) is 0 Å². The van der Waals surface area contributed by atoms with Crippen LogP contribution in [0.25, 0.3) is 0 Å². The topological polar surface area (TPSA) is 20.2 Å². The van der Waals surface area contributed by atoms with Gasteiger partial charge in [0.05, 0.1) is 0 Å². The van der Waals surface area contributed by atoms with Gasteiger partial charge in [-0.15, -0.1) is 0 Å². The predicted octanol–water partition coefficient (Wildman–Crippen LogP) is 1.99. The van der Waals surface area contributed by atoms with Crippen molar-refractivity contribution in [2.24, 2.45) is 0 Å². The first-order valence-electron chi connectivity index (χ1n) is 3.11. The molecule has 2 heteroatoms. The number of allylic oxidation sites excluding steroid dienone is 6. The summed E-state index contributed by atoms with van der Waals surface area (Å²) in [4.78, 5) is 0. The standard InChI is InChI=1S/C7H6.CH3ClO/c1-2-7-4-3-6(1)5-7;2-1-3/h1-4H,5H2;3H,1H2. The van der Waals surface area contributed by atoms with Gasteiger partial charge in [0.15, 0.2) is 0 Å². The second-order valence-corrected chi connectivity index (χ2v) is 2.35. The molecule has 0 atom stereocenters. The molecule has 0 saturated heterocycles. The monoisotopic (exact) mass is 156 g/mol. The maximum absolute atomic E-state index is 7.33. The van der Waals surface area contributed by atoms with Gasteiger partial charge in [-0.2, -0.15) is 0 Å². The summed E-state index contributed by atoms with van der Waals surface area (Å²) in [5.74, 6) is 0. The van der Waals surface area contributed by atoms with Crippen LogP contribution < -0.4 is 0 Å². The molecular formula is C8H9ClO. The van der Waals surface area contributed by atoms with E-state index >= 15 is 0 Å². The summed E-state index contributed by atoms with van der Waals surface area (Å²) in [6.45, 7) is 0. The first-order chi connectivity index (χ1) is 4.86. The lowest BCUT2D eigenvalue weighted by Gasteiger charge is -1.77. The number of alkyl halides is 1. The average molecular weight is 157 g/mol. The summed E-state index contributed by atoms with van der Waals surface area (Å²) in [6, 6.07) is -0.278. The lowest BCUT2D eigenvalue weighted by molar-refractivity contribution is 0.370. The molecular weight excluding hydrogens is 148 g/mol. The zero-order valence-electron chi connectivity index (χ0n) is 5.55. The van der Waals surface area contributed by atoms with E-state index in [1.165, 1.54) is 17.6 Å². The Hall–Kier alpha value is -0.530. The van der Waals surface area contributed by atoms with E-state index in [-0.39, 0.29) is 6.07 Å². The van der Waals surface area contributed by atoms with Gasteiger partial charge in [0.2, 0.25) is 0 Å². The second-order valence-electron chi connectivity index (χ2n) is 2.11. The number of fused-ring (bicyclic) bond motifs is 2. The van der Waals surface area contributed by atoms with Gasteiger partial charge in [-0.1, -0.05) is 35.9 Å². The molecule has 0 saturated carbocycles. The molecule has 2 rings (SSSR count). The van der Waals surface area contributed by atoms with Crippen molar-refractivity contribution in [3.63, 3.8) is 0 Å². The zero-order valence-corrected chi connectivity index (χ0v) is 6.30. The van der Waals surface area contributed by atoms with E-state index < -0.39 is 0 Å². The minimum Gasteiger partial charge on any atom is -0.381 e. The summed E-state index contributed by atoms with van der Waals surface area (Å²) in [7, 11) is 0. The van der Waals surface area contributed by atoms with Gasteiger partial charge >= 0.3 is 0 Å². The van der Waals surface area contributed by atoms with Crippen molar-refractivity contribution in [3.8, 4) is 0 Å². The largest absolute Gasteiger partial charge is 0.381 e. The maximum atomic E-state index is 7.33. The number of rotatable bonds is 0. The Labute approximate surface area is 65.3 Å². The van der Waals surface area contributed by atoms with Crippen molar-refractivity contribution >= 4 is 11.6 Å². The molecule has 0 fully saturated rings. The third-order valence-corrected chi connectivity index (χ3v) is 1.43. The van der Waals surface area contributed by atoms with Gasteiger partial charge < -0.3 is 5.11 Å². The molecule has 54 valence electrons. The van der Waals surface area contributed by atoms with E-state index in [2.05, 4.69) is 35.9 Å². The molecule has 0 spiro atoms. The van der Waals surface area contributed by atoms with Crippen LogP contribution in [0.5, 0.6) is 0 Å². The van der Waals surface area contributed by atoms with Crippen LogP contribution in [0.4, 0.5) is 0 Å². The fourth-order valence-electron chi connectivity index (χ4n) is 1.01. The number of aliphatic hydroxyl groups is 1. The van der Waals surface area contributed by atoms with E-state index in [9.17, 15) is 0 Å². The summed E-state index contributed by atoms with van der Waals surface area (Å²) < 4.78 is 0. The van der Waals surface area contributed by atoms with Crippen LogP contribution in [-0.4, -0.2) is 11.2 Å². The van der Waals surface area contributed by atoms with Gasteiger partial charge in [0.25, 0.3) is 0 Å². The molecule has 2 aliphatic rings. The molecule has 0 amide bonds. The highest BCUT2D eigenvalue weighted by Crippen LogP contribution is 2.27. The number of hydrogen-bond donors (Lipinski definition) is 1. The third kappa shape index (κ3) is 1.72. The van der Waals surface area contributed by atoms with Gasteiger partial charge in [-0.25, -0.2) is 0 Å². The molecule has 0 aromatic heterocycles. The van der Waals surface area contributed by atoms with Crippen LogP contribution in [0.3, 0.4) is 0 Å². The quantitative estimate of drug-likeness (QED) is 0.532. The molecule has 0 aliphatic heterocycles. The highest BCUT2D eigenvalue weighted by molar-refractivity contribution is 6.16. The van der Waals surface area contributed by atoms with Crippen LogP contribution in [0.15, 0.2) is 35.5 Å². The van der Waals surface area contributed by atoms with Gasteiger partial charge in [0, 0.05) is 0 Å². The number of hydrogen-bond acceptors (Lipinski definition) is 1. The molecule has 2 bridgehead atoms. The van der Waals surface area contributed by atoms with Gasteiger partial charge in [-0.3, -0.25) is 0 Å². The Morgan fingerprint density at radius 2 is 1.70 bits per heavy atom. The molecule has 0 radical (unpaired) electrons. The molecule has 1 N–H and O–H groups in total. The first-order valence-corrected chi connectivity index (χ1v) is 3.65. The van der Waals surface area contributed by atoms with Crippen molar-refractivity contribution in [1.29, 1.82) is 0 Å². The SMILES string of the molecule is C1=CC2=CC=C1C2.OCCl. The summed E-state index contributed by atoms with van der Waals surface area (Å²) in [5, 5.41) is 7.33. The predicted molar refractivity (Wildman–Crippen MR) is 42.9 cm³/mol. The molecule has 0 aromatic rings. The zero-order chi connectivity index (χ0) is 7.40. The van der Waals surface area contributed by atoms with E-state index in [0.29, 0.717) is 0 Å². The minimum absolute atomic E-state index is 0.278. The van der Waals surface area contributed by atoms with Crippen LogP contribution in [0.1, 0.15) is 6.42 Å². The van der Waals surface area contributed by atoms with E-state index in [0.717, 1.165) is 0 Å². The van der Waals surface area contributed by atoms with E-state index in [4.69, 9.17) is 5.11 Å².